The molecule has 21 heteroatoms. The quantitative estimate of drug-likeness (QED) is 0.0571. The van der Waals surface area contributed by atoms with Crippen LogP contribution in [0.15, 0.2) is 167 Å². The number of ether oxygens (including phenoxy) is 4. The molecule has 4 aliphatic heterocycles. The van der Waals surface area contributed by atoms with Crippen molar-refractivity contribution >= 4 is 58.4 Å². The van der Waals surface area contributed by atoms with Gasteiger partial charge in [0.05, 0.1) is 69.4 Å². The average Bonchev–Trinajstić information content (AvgIpc) is 1.64. The molecule has 6 aliphatic rings. The summed E-state index contributed by atoms with van der Waals surface area (Å²) in [7, 11) is 0. The number of phenolic OH excluding ortho intramolecular Hbond substituents is 1. The summed E-state index contributed by atoms with van der Waals surface area (Å²) in [6.45, 7) is 5.72. The maximum atomic E-state index is 14.8. The number of nitrogens with zero attached hydrogens (tertiary/aromatic N) is 4. The van der Waals surface area contributed by atoms with Gasteiger partial charge in [-0.05, 0) is 195 Å². The fraction of sp³-hybridized carbons (Fsp3) is 0.203. The molecule has 472 valence electrons. The van der Waals surface area contributed by atoms with Crippen molar-refractivity contribution in [3.63, 3.8) is 0 Å². The van der Waals surface area contributed by atoms with Crippen LogP contribution in [0.25, 0.3) is 49.7 Å². The third-order valence-corrected chi connectivity index (χ3v) is 18.5. The van der Waals surface area contributed by atoms with E-state index in [9.17, 15) is 61.2 Å². The van der Waals surface area contributed by atoms with E-state index in [0.29, 0.717) is 115 Å². The largest absolute Gasteiger partial charge is 0.507 e. The summed E-state index contributed by atoms with van der Waals surface area (Å²) in [4.78, 5) is 62.2. The molecule has 8 aromatic rings. The fourth-order valence-electron chi connectivity index (χ4n) is 14.3. The van der Waals surface area contributed by atoms with Crippen LogP contribution in [0.4, 0.5) is 32.0 Å². The first-order valence-corrected chi connectivity index (χ1v) is 30.7. The number of aryl methyl sites for hydroxylation is 2. The number of carbonyl (C=O) groups excluding carboxylic acids is 4. The predicted octanol–water partition coefficient (Wildman–Crippen LogP) is 16.9. The van der Waals surface area contributed by atoms with Crippen LogP contribution in [-0.2, 0) is 37.8 Å². The van der Waals surface area contributed by atoms with Gasteiger partial charge in [0, 0.05) is 50.1 Å². The van der Waals surface area contributed by atoms with Crippen LogP contribution in [0.5, 0.6) is 23.0 Å². The first kappa shape index (κ1) is 61.3. The number of aromatic hydroxyl groups is 1. The van der Waals surface area contributed by atoms with Crippen LogP contribution >= 0.6 is 0 Å². The van der Waals surface area contributed by atoms with Crippen LogP contribution in [-0.4, -0.2) is 46.0 Å². The van der Waals surface area contributed by atoms with Crippen molar-refractivity contribution in [2.45, 2.75) is 90.9 Å². The number of halogens is 6. The van der Waals surface area contributed by atoms with Crippen molar-refractivity contribution in [2.75, 3.05) is 5.32 Å². The standard InChI is InChI=1S/C74H52BF6N5O9/c1-36-29-46(30-37(2)58(36)64(65-38(3)59-66(85-65)48-12-6-9-15-55(48)94-71(59)90)67-39(4)60-68(86(67)75(34-82)35-83)49-13-7-10-16-56(49)95-72(60)91)92-57(88)31-40-17-27-45(28-18-40)84-70(89)52-32-51(42-21-25-44(26-22-42)74(79,80)81)69-63-61(47-11-5-8-14-54(47)93-69)50(33-53(87)62(52)63)41-19-23-43(24-20-41)73(76,77)78/h5,8,11,14-30,32-33,48-49,87H,6-7,9-10,12-13,31H2,1-4H3,(H,84,89)/b65-64-. The number of rotatable bonds is 10. The van der Waals surface area contributed by atoms with Gasteiger partial charge in [-0.15, -0.1) is 0 Å². The Kier molecular flexibility index (Phi) is 14.9. The van der Waals surface area contributed by atoms with Gasteiger partial charge in [-0.25, -0.2) is 20.1 Å². The maximum absolute atomic E-state index is 14.8. The maximum Gasteiger partial charge on any atom is 0.496 e. The lowest BCUT2D eigenvalue weighted by molar-refractivity contribution is -0.138. The number of nitriles is 2. The van der Waals surface area contributed by atoms with E-state index in [1.807, 2.05) is 12.2 Å². The van der Waals surface area contributed by atoms with E-state index >= 15 is 0 Å². The zero-order valence-corrected chi connectivity index (χ0v) is 51.2. The molecular formula is C74H52BF6N5O9. The Bertz CT molecular complexity index is 4950. The summed E-state index contributed by atoms with van der Waals surface area (Å²) >= 11 is 0. The number of nitrogens with one attached hydrogen (secondary N) is 1. The van der Waals surface area contributed by atoms with Gasteiger partial charge >= 0.3 is 37.1 Å². The van der Waals surface area contributed by atoms with Gasteiger partial charge in [-0.3, -0.25) is 14.6 Å². The molecule has 95 heavy (non-hydrogen) atoms. The number of phenols is 1. The van der Waals surface area contributed by atoms with Crippen LogP contribution in [0, 0.1) is 49.2 Å². The highest BCUT2D eigenvalue weighted by atomic mass is 19.4. The van der Waals surface area contributed by atoms with Crippen LogP contribution in [0.3, 0.4) is 0 Å². The van der Waals surface area contributed by atoms with E-state index < -0.39 is 65.8 Å². The molecule has 1 fully saturated rings. The SMILES string of the molecule is CC1=C2C(=O)OC3=CCCCC3C2=N/C1=C(/c1c(C)cc(OC(=O)Cc2ccc(NC(=O)c3cc(-c4ccc(C(F)(F)F)cc4)c4c5c(c(-c6ccc(C(F)(F)F)cc6)cc(O)c35)-c3ccccc3O4)cc2)cc1C)c1c(C)c2c(n1B(C#N)C#N)C1CCCC=C1OC2=O. The number of fused-ring (bicyclic) bond motifs is 8. The topological polar surface area (TPSA) is 202 Å². The second-order valence-corrected chi connectivity index (χ2v) is 24.3. The third kappa shape index (κ3) is 10.4. The van der Waals surface area contributed by atoms with Gasteiger partial charge in [0.1, 0.15) is 34.5 Å². The number of allylic oxidation sites excluding steroid dienone is 5. The van der Waals surface area contributed by atoms with Gasteiger partial charge < -0.3 is 33.8 Å². The Morgan fingerprint density at radius 2 is 1.32 bits per heavy atom. The Morgan fingerprint density at radius 3 is 1.95 bits per heavy atom. The van der Waals surface area contributed by atoms with E-state index in [-0.39, 0.29) is 73.7 Å². The van der Waals surface area contributed by atoms with Gasteiger partial charge in [0.15, 0.2) is 0 Å². The molecule has 5 heterocycles. The van der Waals surface area contributed by atoms with E-state index in [1.165, 1.54) is 48.5 Å². The molecule has 1 saturated heterocycles. The van der Waals surface area contributed by atoms with Gasteiger partial charge in [-0.1, -0.05) is 54.6 Å². The number of esters is 3. The smallest absolute Gasteiger partial charge is 0.496 e. The van der Waals surface area contributed by atoms with Crippen molar-refractivity contribution in [2.24, 2.45) is 10.9 Å². The van der Waals surface area contributed by atoms with Gasteiger partial charge in [0.25, 0.3) is 5.91 Å². The minimum atomic E-state index is -4.68. The predicted molar refractivity (Wildman–Crippen MR) is 341 cm³/mol. The van der Waals surface area contributed by atoms with Crippen molar-refractivity contribution < 1.29 is 69.6 Å². The summed E-state index contributed by atoms with van der Waals surface area (Å²) < 4.78 is 109. The van der Waals surface area contributed by atoms with E-state index in [2.05, 4.69) is 17.3 Å². The number of benzene rings is 7. The summed E-state index contributed by atoms with van der Waals surface area (Å²) in [5.41, 5.74) is 5.92. The number of alkyl halides is 6. The summed E-state index contributed by atoms with van der Waals surface area (Å²) in [6, 6.07) is 27.6. The van der Waals surface area contributed by atoms with Gasteiger partial charge in [-0.2, -0.15) is 26.3 Å². The second-order valence-electron chi connectivity index (χ2n) is 24.3. The first-order chi connectivity index (χ1) is 45.5. The molecule has 7 aromatic carbocycles. The highest BCUT2D eigenvalue weighted by Gasteiger charge is 2.47. The molecule has 1 amide bonds. The highest BCUT2D eigenvalue weighted by Crippen LogP contribution is 2.57. The third-order valence-electron chi connectivity index (χ3n) is 18.5. The minimum Gasteiger partial charge on any atom is -0.507 e. The van der Waals surface area contributed by atoms with Crippen molar-refractivity contribution in [1.82, 2.24) is 4.48 Å². The van der Waals surface area contributed by atoms with Crippen molar-refractivity contribution in [3.8, 4) is 68.3 Å². The number of amides is 1. The Labute approximate surface area is 539 Å². The first-order valence-electron chi connectivity index (χ1n) is 30.7. The number of hydrogen-bond donors (Lipinski definition) is 2. The molecule has 2 aliphatic carbocycles. The lowest BCUT2D eigenvalue weighted by Gasteiger charge is -2.30. The lowest BCUT2D eigenvalue weighted by Crippen LogP contribution is -2.32. The fourth-order valence-corrected chi connectivity index (χ4v) is 14.3. The highest BCUT2D eigenvalue weighted by molar-refractivity contribution is 6.73. The number of aliphatic imine (C=N–C) groups is 1. The molecule has 0 spiro atoms. The average molecular weight is 1280 g/mol. The number of aromatic nitrogens is 1. The molecule has 2 N–H and O–H groups in total. The number of carbonyl (C=O) groups is 4. The zero-order valence-electron chi connectivity index (χ0n) is 51.2. The summed E-state index contributed by atoms with van der Waals surface area (Å²) in [5.74, 6) is 2.04. The number of hydrogen-bond acceptors (Lipinski definition) is 12. The van der Waals surface area contributed by atoms with Crippen LogP contribution in [0.2, 0.25) is 0 Å². The Hall–Kier alpha value is -11.2. The molecule has 0 radical (unpaired) electrons. The van der Waals surface area contributed by atoms with Gasteiger partial charge in [0.2, 0.25) is 0 Å². The molecule has 14 nitrogen and oxygen atoms in total. The number of para-hydroxylation sites is 1. The van der Waals surface area contributed by atoms with Crippen molar-refractivity contribution in [1.29, 1.82) is 10.5 Å². The molecule has 2 atom stereocenters. The molecule has 1 aromatic heterocycles. The molecule has 0 bridgehead atoms. The van der Waals surface area contributed by atoms with E-state index in [1.54, 1.807) is 80.7 Å². The molecule has 0 saturated carbocycles. The van der Waals surface area contributed by atoms with Crippen molar-refractivity contribution in [3.05, 3.63) is 223 Å². The normalized spacial score (nSPS) is 17.4. The van der Waals surface area contributed by atoms with Crippen LogP contribution in [0.1, 0.15) is 122 Å². The zero-order chi connectivity index (χ0) is 66.7. The van der Waals surface area contributed by atoms with E-state index in [0.717, 1.165) is 43.5 Å². The van der Waals surface area contributed by atoms with Crippen LogP contribution < -0.4 is 14.8 Å². The monoisotopic (exact) mass is 1280 g/mol. The summed E-state index contributed by atoms with van der Waals surface area (Å²) in [6.07, 6.45) is -1.50. The summed E-state index contributed by atoms with van der Waals surface area (Å²) in [5, 5.41) is 36.5. The minimum absolute atomic E-state index is 0.0177. The molecule has 2 unspecified atom stereocenters. The molecular weight excluding hydrogens is 1230 g/mol. The Morgan fingerprint density at radius 1 is 0.716 bits per heavy atom. The second kappa shape index (κ2) is 23.1. The Balaban J connectivity index is 0.797. The lowest BCUT2D eigenvalue weighted by atomic mass is 9.64. The molecule has 14 rings (SSSR count). The number of anilines is 1. The van der Waals surface area contributed by atoms with E-state index in [4.69, 9.17) is 23.9 Å².